The predicted molar refractivity (Wildman–Crippen MR) is 84.1 cm³/mol. The van der Waals surface area contributed by atoms with Gasteiger partial charge in [0.05, 0.1) is 12.8 Å². The summed E-state index contributed by atoms with van der Waals surface area (Å²) in [5, 5.41) is 3.95. The van der Waals surface area contributed by atoms with Crippen molar-refractivity contribution in [2.24, 2.45) is 0 Å². The maximum absolute atomic E-state index is 6.27. The van der Waals surface area contributed by atoms with Gasteiger partial charge in [-0.15, -0.1) is 0 Å². The summed E-state index contributed by atoms with van der Waals surface area (Å²) in [6, 6.07) is 9.44. The van der Waals surface area contributed by atoms with E-state index in [0.717, 1.165) is 23.6 Å². The molecule has 0 aliphatic rings. The second-order valence-corrected chi connectivity index (χ2v) is 5.03. The number of nitrogens with one attached hydrogen (secondary N) is 1. The monoisotopic (exact) mass is 306 g/mol. The van der Waals surface area contributed by atoms with Crippen molar-refractivity contribution in [1.82, 2.24) is 10.3 Å². The van der Waals surface area contributed by atoms with Crippen LogP contribution in [0.15, 0.2) is 36.5 Å². The Hall–Kier alpha value is -1.62. The van der Waals surface area contributed by atoms with Crippen molar-refractivity contribution in [2.45, 2.75) is 13.5 Å². The third kappa shape index (κ3) is 4.70. The molecular weight excluding hydrogens is 288 g/mol. The van der Waals surface area contributed by atoms with Crippen LogP contribution in [0.25, 0.3) is 0 Å². The number of ether oxygens (including phenoxy) is 2. The van der Waals surface area contributed by atoms with Crippen LogP contribution in [-0.4, -0.2) is 25.2 Å². The molecule has 0 saturated carbocycles. The first-order chi connectivity index (χ1) is 10.2. The molecule has 21 heavy (non-hydrogen) atoms. The molecule has 1 N–H and O–H groups in total. The Morgan fingerprint density at radius 3 is 2.81 bits per heavy atom. The second-order valence-electron chi connectivity index (χ2n) is 4.62. The molecule has 0 amide bonds. The first kappa shape index (κ1) is 15.8. The van der Waals surface area contributed by atoms with Gasteiger partial charge in [-0.2, -0.15) is 0 Å². The average molecular weight is 307 g/mol. The van der Waals surface area contributed by atoms with Crippen molar-refractivity contribution in [2.75, 3.05) is 20.3 Å². The van der Waals surface area contributed by atoms with Gasteiger partial charge < -0.3 is 14.8 Å². The predicted octanol–water partition coefficient (Wildman–Crippen LogP) is 3.57. The van der Waals surface area contributed by atoms with Crippen LogP contribution in [0.1, 0.15) is 11.3 Å². The minimum Gasteiger partial charge on any atom is -0.455 e. The maximum Gasteiger partial charge on any atom is 0.145 e. The van der Waals surface area contributed by atoms with E-state index in [-0.39, 0.29) is 0 Å². The molecule has 0 aliphatic carbocycles. The molecule has 0 unspecified atom stereocenters. The molecule has 2 rings (SSSR count). The smallest absolute Gasteiger partial charge is 0.145 e. The fourth-order valence-corrected chi connectivity index (χ4v) is 2.07. The van der Waals surface area contributed by atoms with E-state index in [9.17, 15) is 0 Å². The summed E-state index contributed by atoms with van der Waals surface area (Å²) in [4.78, 5) is 4.22. The van der Waals surface area contributed by atoms with E-state index in [1.54, 1.807) is 13.3 Å². The van der Waals surface area contributed by atoms with Crippen molar-refractivity contribution in [1.29, 1.82) is 0 Å². The summed E-state index contributed by atoms with van der Waals surface area (Å²) in [6.07, 6.45) is 1.71. The van der Waals surface area contributed by atoms with E-state index in [1.807, 2.05) is 37.3 Å². The summed E-state index contributed by atoms with van der Waals surface area (Å²) in [5.41, 5.74) is 1.88. The Morgan fingerprint density at radius 1 is 1.24 bits per heavy atom. The van der Waals surface area contributed by atoms with Crippen molar-refractivity contribution in [3.05, 3.63) is 52.8 Å². The number of hydrogen-bond donors (Lipinski definition) is 1. The highest BCUT2D eigenvalue weighted by Crippen LogP contribution is 2.30. The van der Waals surface area contributed by atoms with Gasteiger partial charge in [-0.25, -0.2) is 0 Å². The summed E-state index contributed by atoms with van der Waals surface area (Å²) >= 11 is 6.27. The van der Waals surface area contributed by atoms with Crippen molar-refractivity contribution < 1.29 is 9.47 Å². The van der Waals surface area contributed by atoms with E-state index in [4.69, 9.17) is 21.1 Å². The molecule has 0 saturated heterocycles. The van der Waals surface area contributed by atoms with Gasteiger partial charge in [0.25, 0.3) is 0 Å². The summed E-state index contributed by atoms with van der Waals surface area (Å²) < 4.78 is 10.9. The highest BCUT2D eigenvalue weighted by Gasteiger charge is 2.09. The third-order valence-corrected chi connectivity index (χ3v) is 3.33. The lowest BCUT2D eigenvalue weighted by atomic mass is 10.2. The lowest BCUT2D eigenvalue weighted by Crippen LogP contribution is -2.19. The van der Waals surface area contributed by atoms with Gasteiger partial charge in [-0.3, -0.25) is 4.98 Å². The fourth-order valence-electron chi connectivity index (χ4n) is 1.84. The highest BCUT2D eigenvalue weighted by molar-refractivity contribution is 6.31. The standard InChI is InChI=1S/C16H19ClN2O2/c1-12-6-7-13(10-19-12)21-16-5-3-4-15(17)14(16)11-18-8-9-20-2/h3-7,10,18H,8-9,11H2,1-2H3. The van der Waals surface area contributed by atoms with Gasteiger partial charge >= 0.3 is 0 Å². The van der Waals surface area contributed by atoms with Gasteiger partial charge in [0, 0.05) is 36.5 Å². The first-order valence-electron chi connectivity index (χ1n) is 6.78. The Balaban J connectivity index is 2.11. The minimum absolute atomic E-state index is 0.623. The normalized spacial score (nSPS) is 10.6. The van der Waals surface area contributed by atoms with Gasteiger partial charge in [-0.1, -0.05) is 17.7 Å². The summed E-state index contributed by atoms with van der Waals surface area (Å²) in [6.45, 7) is 3.97. The largest absolute Gasteiger partial charge is 0.455 e. The minimum atomic E-state index is 0.623. The van der Waals surface area contributed by atoms with Crippen LogP contribution in [0.3, 0.4) is 0 Å². The van der Waals surface area contributed by atoms with Crippen LogP contribution >= 0.6 is 11.6 Å². The molecule has 1 heterocycles. The first-order valence-corrected chi connectivity index (χ1v) is 7.16. The van der Waals surface area contributed by atoms with Crippen LogP contribution in [0.5, 0.6) is 11.5 Å². The SMILES string of the molecule is COCCNCc1c(Cl)cccc1Oc1ccc(C)nc1. The van der Waals surface area contributed by atoms with Crippen LogP contribution in [0.2, 0.25) is 5.02 Å². The van der Waals surface area contributed by atoms with E-state index in [0.29, 0.717) is 23.9 Å². The van der Waals surface area contributed by atoms with Crippen LogP contribution in [0.4, 0.5) is 0 Å². The Bertz CT molecular complexity index is 573. The van der Waals surface area contributed by atoms with Crippen LogP contribution in [-0.2, 0) is 11.3 Å². The number of benzene rings is 1. The summed E-state index contributed by atoms with van der Waals surface area (Å²) in [5.74, 6) is 1.43. The lowest BCUT2D eigenvalue weighted by Gasteiger charge is -2.13. The van der Waals surface area contributed by atoms with E-state index in [1.165, 1.54) is 0 Å². The number of rotatable bonds is 7. The molecule has 1 aromatic heterocycles. The number of aromatic nitrogens is 1. The molecule has 0 bridgehead atoms. The average Bonchev–Trinajstić information content (AvgIpc) is 2.48. The molecule has 0 atom stereocenters. The highest BCUT2D eigenvalue weighted by atomic mass is 35.5. The third-order valence-electron chi connectivity index (χ3n) is 2.97. The zero-order valence-corrected chi connectivity index (χ0v) is 13.0. The second kappa shape index (κ2) is 7.98. The maximum atomic E-state index is 6.27. The van der Waals surface area contributed by atoms with Gasteiger partial charge in [0.15, 0.2) is 0 Å². The molecule has 0 aliphatic heterocycles. The van der Waals surface area contributed by atoms with E-state index >= 15 is 0 Å². The molecule has 0 fully saturated rings. The van der Waals surface area contributed by atoms with Gasteiger partial charge in [0.1, 0.15) is 11.5 Å². The number of pyridine rings is 1. The molecule has 4 nitrogen and oxygen atoms in total. The van der Waals surface area contributed by atoms with Gasteiger partial charge in [0.2, 0.25) is 0 Å². The quantitative estimate of drug-likeness (QED) is 0.794. The number of hydrogen-bond acceptors (Lipinski definition) is 4. The molecule has 112 valence electrons. The molecule has 2 aromatic rings. The Labute approximate surface area is 130 Å². The number of methoxy groups -OCH3 is 1. The van der Waals surface area contributed by atoms with Crippen molar-refractivity contribution in [3.8, 4) is 11.5 Å². The zero-order valence-electron chi connectivity index (χ0n) is 12.2. The van der Waals surface area contributed by atoms with E-state index < -0.39 is 0 Å². The lowest BCUT2D eigenvalue weighted by molar-refractivity contribution is 0.199. The molecular formula is C16H19ClN2O2. The molecule has 1 aromatic carbocycles. The topological polar surface area (TPSA) is 43.4 Å². The molecule has 5 heteroatoms. The molecule has 0 radical (unpaired) electrons. The van der Waals surface area contributed by atoms with Crippen molar-refractivity contribution in [3.63, 3.8) is 0 Å². The number of aryl methyl sites for hydroxylation is 1. The van der Waals surface area contributed by atoms with Crippen LogP contribution in [0, 0.1) is 6.92 Å². The summed E-state index contributed by atoms with van der Waals surface area (Å²) in [7, 11) is 1.68. The van der Waals surface area contributed by atoms with Crippen molar-refractivity contribution >= 4 is 11.6 Å². The molecule has 0 spiro atoms. The van der Waals surface area contributed by atoms with E-state index in [2.05, 4.69) is 10.3 Å². The zero-order chi connectivity index (χ0) is 15.1. The Kier molecular flexibility index (Phi) is 5.99. The van der Waals surface area contributed by atoms with Gasteiger partial charge in [-0.05, 0) is 31.2 Å². The Morgan fingerprint density at radius 2 is 2.10 bits per heavy atom. The number of nitrogens with zero attached hydrogens (tertiary/aromatic N) is 1. The number of halogens is 1. The van der Waals surface area contributed by atoms with Crippen LogP contribution < -0.4 is 10.1 Å². The fraction of sp³-hybridized carbons (Fsp3) is 0.312.